The summed E-state index contributed by atoms with van der Waals surface area (Å²) >= 11 is 0. The summed E-state index contributed by atoms with van der Waals surface area (Å²) in [4.78, 5) is 34.3. The van der Waals surface area contributed by atoms with Gasteiger partial charge in [-0.05, 0) is 6.07 Å². The van der Waals surface area contributed by atoms with Crippen LogP contribution in [0, 0.1) is 0 Å². The summed E-state index contributed by atoms with van der Waals surface area (Å²) in [5, 5.41) is 2.45. The van der Waals surface area contributed by atoms with Crippen LogP contribution in [0.1, 0.15) is 17.3 Å². The molecule has 1 heterocycles. The molecule has 1 aliphatic rings. The molecule has 124 valence electrons. The second-order valence-corrected chi connectivity index (χ2v) is 4.56. The minimum atomic E-state index is -0.665. The molecule has 2 rings (SSSR count). The van der Waals surface area contributed by atoms with Crippen LogP contribution in [0.3, 0.4) is 0 Å². The molecule has 9 heteroatoms. The van der Waals surface area contributed by atoms with Gasteiger partial charge in [-0.1, -0.05) is 0 Å². The smallest absolute Gasteiger partial charge is 0.341 e. The Labute approximate surface area is 131 Å². The molecule has 0 fully saturated rings. The fourth-order valence-corrected chi connectivity index (χ4v) is 1.95. The molecule has 3 N–H and O–H groups in total. The Morgan fingerprint density at radius 2 is 1.91 bits per heavy atom. The van der Waals surface area contributed by atoms with Crippen LogP contribution < -0.4 is 20.5 Å². The largest absolute Gasteiger partial charge is 0.485 e. The highest BCUT2D eigenvalue weighted by Gasteiger charge is 2.27. The van der Waals surface area contributed by atoms with Gasteiger partial charge in [0.05, 0.1) is 12.8 Å². The number of carbonyl (C=O) groups is 3. The van der Waals surface area contributed by atoms with Gasteiger partial charge in [0, 0.05) is 6.92 Å². The van der Waals surface area contributed by atoms with Gasteiger partial charge in [0.2, 0.25) is 0 Å². The molecule has 0 unspecified atom stereocenters. The van der Waals surface area contributed by atoms with Crippen LogP contribution in [-0.4, -0.2) is 44.8 Å². The molecular formula is C14H16N2O7. The first kappa shape index (κ1) is 16.4. The summed E-state index contributed by atoms with van der Waals surface area (Å²) in [5.41, 5.74) is 6.24. The normalized spacial score (nSPS) is 12.3. The lowest BCUT2D eigenvalue weighted by atomic mass is 10.1. The molecule has 0 atom stereocenters. The number of hydrogen-bond acceptors (Lipinski definition) is 8. The summed E-state index contributed by atoms with van der Waals surface area (Å²) in [5.74, 6) is -1.55. The van der Waals surface area contributed by atoms with Crippen molar-refractivity contribution in [2.24, 2.45) is 0 Å². The zero-order chi connectivity index (χ0) is 17.0. The lowest BCUT2D eigenvalue weighted by Gasteiger charge is -2.23. The lowest BCUT2D eigenvalue weighted by Crippen LogP contribution is -2.23. The number of nitrogen functional groups attached to an aromatic ring is 1. The number of anilines is 2. The number of rotatable bonds is 4. The topological polar surface area (TPSA) is 126 Å². The number of carbonyl (C=O) groups excluding carboxylic acids is 3. The third-order valence-corrected chi connectivity index (χ3v) is 2.94. The number of ether oxygens (including phenoxy) is 4. The number of benzene rings is 1. The minimum Gasteiger partial charge on any atom is -0.485 e. The van der Waals surface area contributed by atoms with Gasteiger partial charge < -0.3 is 30.0 Å². The van der Waals surface area contributed by atoms with Gasteiger partial charge in [0.25, 0.3) is 5.91 Å². The van der Waals surface area contributed by atoms with Crippen molar-refractivity contribution in [3.05, 3.63) is 11.6 Å². The molecule has 0 saturated carbocycles. The van der Waals surface area contributed by atoms with Gasteiger partial charge in [0.1, 0.15) is 24.5 Å². The standard InChI is InChI=1S/C14H16N2O7/c1-7(17)23-6-10(18)16-9-5-8(14(19)20-2)12-13(11(9)15)22-4-3-21-12/h5H,3-4,6,15H2,1-2H3,(H,16,18). The molecule has 23 heavy (non-hydrogen) atoms. The Balaban J connectivity index is 2.34. The van der Waals surface area contributed by atoms with Crippen LogP contribution >= 0.6 is 0 Å². The fourth-order valence-electron chi connectivity index (χ4n) is 1.95. The second-order valence-electron chi connectivity index (χ2n) is 4.56. The van der Waals surface area contributed by atoms with Crippen molar-refractivity contribution in [1.82, 2.24) is 0 Å². The van der Waals surface area contributed by atoms with E-state index in [9.17, 15) is 14.4 Å². The average Bonchev–Trinajstić information content (AvgIpc) is 2.55. The van der Waals surface area contributed by atoms with E-state index in [2.05, 4.69) is 14.8 Å². The molecule has 0 aromatic heterocycles. The Morgan fingerprint density at radius 3 is 2.52 bits per heavy atom. The molecule has 9 nitrogen and oxygen atoms in total. The number of nitrogens with one attached hydrogen (secondary N) is 1. The molecule has 0 radical (unpaired) electrons. The molecule has 0 bridgehead atoms. The lowest BCUT2D eigenvalue weighted by molar-refractivity contribution is -0.144. The van der Waals surface area contributed by atoms with Crippen molar-refractivity contribution in [2.45, 2.75) is 6.92 Å². The van der Waals surface area contributed by atoms with Crippen molar-refractivity contribution >= 4 is 29.2 Å². The average molecular weight is 324 g/mol. The fraction of sp³-hybridized carbons (Fsp3) is 0.357. The van der Waals surface area contributed by atoms with E-state index in [1.165, 1.54) is 20.1 Å². The van der Waals surface area contributed by atoms with E-state index < -0.39 is 24.5 Å². The summed E-state index contributed by atoms with van der Waals surface area (Å²) < 4.78 is 20.1. The molecule has 0 saturated heterocycles. The number of esters is 2. The van der Waals surface area contributed by atoms with E-state index >= 15 is 0 Å². The number of fused-ring (bicyclic) bond motifs is 1. The molecule has 1 aromatic rings. The zero-order valence-corrected chi connectivity index (χ0v) is 12.6. The van der Waals surface area contributed by atoms with Gasteiger partial charge >= 0.3 is 11.9 Å². The van der Waals surface area contributed by atoms with Crippen molar-refractivity contribution in [2.75, 3.05) is 38.0 Å². The second kappa shape index (κ2) is 6.86. The SMILES string of the molecule is COC(=O)c1cc(NC(=O)COC(C)=O)c(N)c2c1OCCO2. The molecule has 1 amide bonds. The molecular weight excluding hydrogens is 308 g/mol. The number of hydrogen-bond donors (Lipinski definition) is 2. The van der Waals surface area contributed by atoms with E-state index in [1.54, 1.807) is 0 Å². The Hall–Kier alpha value is -2.97. The number of nitrogens with two attached hydrogens (primary N) is 1. The Kier molecular flexibility index (Phi) is 4.89. The predicted octanol–water partition coefficient (Wildman–Crippen LogP) is 0.328. The van der Waals surface area contributed by atoms with Crippen molar-refractivity contribution in [3.8, 4) is 11.5 Å². The summed E-state index contributed by atoms with van der Waals surface area (Å²) in [6, 6.07) is 1.32. The third-order valence-electron chi connectivity index (χ3n) is 2.94. The van der Waals surface area contributed by atoms with Gasteiger partial charge in [0.15, 0.2) is 18.1 Å². The van der Waals surface area contributed by atoms with E-state index in [0.29, 0.717) is 0 Å². The van der Waals surface area contributed by atoms with Crippen molar-refractivity contribution < 1.29 is 33.3 Å². The van der Waals surface area contributed by atoms with Gasteiger partial charge in [-0.3, -0.25) is 9.59 Å². The van der Waals surface area contributed by atoms with Crippen LogP contribution in [0.5, 0.6) is 11.5 Å². The first-order valence-corrected chi connectivity index (χ1v) is 6.67. The Bertz CT molecular complexity index is 657. The highest BCUT2D eigenvalue weighted by atomic mass is 16.6. The van der Waals surface area contributed by atoms with Crippen LogP contribution in [0.15, 0.2) is 6.07 Å². The first-order chi connectivity index (χ1) is 10.9. The van der Waals surface area contributed by atoms with E-state index in [0.717, 1.165) is 0 Å². The van der Waals surface area contributed by atoms with Crippen molar-refractivity contribution in [3.63, 3.8) is 0 Å². The van der Waals surface area contributed by atoms with Crippen LogP contribution in [-0.2, 0) is 19.1 Å². The summed E-state index contributed by atoms with van der Waals surface area (Å²) in [7, 11) is 1.22. The van der Waals surface area contributed by atoms with Gasteiger partial charge in [-0.15, -0.1) is 0 Å². The first-order valence-electron chi connectivity index (χ1n) is 6.67. The van der Waals surface area contributed by atoms with Crippen LogP contribution in [0.4, 0.5) is 11.4 Å². The molecule has 0 spiro atoms. The van der Waals surface area contributed by atoms with E-state index in [1.807, 2.05) is 0 Å². The third kappa shape index (κ3) is 3.62. The summed E-state index contributed by atoms with van der Waals surface area (Å²) in [6.45, 7) is 1.22. The molecule has 1 aliphatic heterocycles. The number of methoxy groups -OCH3 is 1. The maximum Gasteiger partial charge on any atom is 0.341 e. The summed E-state index contributed by atoms with van der Waals surface area (Å²) in [6.07, 6.45) is 0. The van der Waals surface area contributed by atoms with E-state index in [-0.39, 0.29) is 41.7 Å². The molecule has 0 aliphatic carbocycles. The monoisotopic (exact) mass is 324 g/mol. The predicted molar refractivity (Wildman–Crippen MR) is 78.4 cm³/mol. The maximum atomic E-state index is 11.9. The van der Waals surface area contributed by atoms with Gasteiger partial charge in [-0.25, -0.2) is 4.79 Å². The van der Waals surface area contributed by atoms with Crippen molar-refractivity contribution in [1.29, 1.82) is 0 Å². The van der Waals surface area contributed by atoms with Crippen LogP contribution in [0.2, 0.25) is 0 Å². The molecule has 1 aromatic carbocycles. The number of amides is 1. The quantitative estimate of drug-likeness (QED) is 0.599. The highest BCUT2D eigenvalue weighted by Crippen LogP contribution is 2.43. The minimum absolute atomic E-state index is 0.0687. The van der Waals surface area contributed by atoms with E-state index in [4.69, 9.17) is 15.2 Å². The van der Waals surface area contributed by atoms with Crippen LogP contribution in [0.25, 0.3) is 0 Å². The highest BCUT2D eigenvalue weighted by molar-refractivity contribution is 6.02. The van der Waals surface area contributed by atoms with Gasteiger partial charge in [-0.2, -0.15) is 0 Å². The zero-order valence-electron chi connectivity index (χ0n) is 12.6. The maximum absolute atomic E-state index is 11.9. The Morgan fingerprint density at radius 1 is 1.26 bits per heavy atom.